The first-order chi connectivity index (χ1) is 17.8. The summed E-state index contributed by atoms with van der Waals surface area (Å²) in [5, 5.41) is 17.9. The monoisotopic (exact) mass is 563 g/mol. The van der Waals surface area contributed by atoms with Gasteiger partial charge in [-0.05, 0) is 50.1 Å². The van der Waals surface area contributed by atoms with Crippen molar-refractivity contribution in [3.63, 3.8) is 0 Å². The fraction of sp³-hybridized carbons (Fsp3) is 0.393. The van der Waals surface area contributed by atoms with Crippen molar-refractivity contribution < 1.29 is 14.7 Å². The molecule has 198 valence electrons. The summed E-state index contributed by atoms with van der Waals surface area (Å²) in [5.74, 6) is -0.950. The van der Waals surface area contributed by atoms with E-state index in [1.54, 1.807) is 35.0 Å². The van der Waals surface area contributed by atoms with Crippen molar-refractivity contribution in [2.75, 3.05) is 6.54 Å². The second-order valence-corrected chi connectivity index (χ2v) is 10.3. The smallest absolute Gasteiger partial charge is 0.303 e. The Bertz CT molecular complexity index is 1210. The number of benzene rings is 2. The number of hydrogen-bond acceptors (Lipinski definition) is 3. The van der Waals surface area contributed by atoms with Crippen LogP contribution in [-0.4, -0.2) is 33.3 Å². The highest BCUT2D eigenvalue weighted by Crippen LogP contribution is 2.33. The lowest BCUT2D eigenvalue weighted by atomic mass is 10.1. The number of carbonyl (C=O) groups is 2. The largest absolute Gasteiger partial charge is 0.481 e. The van der Waals surface area contributed by atoms with E-state index in [1.165, 1.54) is 0 Å². The maximum absolute atomic E-state index is 13.1. The number of carboxylic acid groups (broad SMARTS) is 1. The van der Waals surface area contributed by atoms with Crippen LogP contribution in [0.25, 0.3) is 16.9 Å². The molecule has 37 heavy (non-hydrogen) atoms. The van der Waals surface area contributed by atoms with Crippen molar-refractivity contribution in [3.05, 3.63) is 68.8 Å². The van der Waals surface area contributed by atoms with E-state index in [0.29, 0.717) is 33.0 Å². The zero-order valence-electron chi connectivity index (χ0n) is 20.9. The molecule has 0 aliphatic heterocycles. The molecule has 0 saturated carbocycles. The molecule has 9 heteroatoms. The van der Waals surface area contributed by atoms with Gasteiger partial charge in [-0.15, -0.1) is 0 Å². The zero-order chi connectivity index (χ0) is 26.8. The van der Waals surface area contributed by atoms with Crippen molar-refractivity contribution >= 4 is 46.7 Å². The van der Waals surface area contributed by atoms with Crippen LogP contribution in [0.15, 0.2) is 42.5 Å². The summed E-state index contributed by atoms with van der Waals surface area (Å²) in [7, 11) is 0. The molecule has 1 heterocycles. The third-order valence-corrected chi connectivity index (χ3v) is 6.99. The van der Waals surface area contributed by atoms with E-state index in [-0.39, 0.29) is 12.3 Å². The van der Waals surface area contributed by atoms with Gasteiger partial charge in [0.2, 0.25) is 0 Å². The van der Waals surface area contributed by atoms with E-state index in [1.807, 2.05) is 19.1 Å². The summed E-state index contributed by atoms with van der Waals surface area (Å²) >= 11 is 18.7. The molecule has 0 aliphatic rings. The van der Waals surface area contributed by atoms with Crippen LogP contribution in [0.4, 0.5) is 0 Å². The summed E-state index contributed by atoms with van der Waals surface area (Å²) in [6, 6.07) is 12.5. The average molecular weight is 565 g/mol. The van der Waals surface area contributed by atoms with E-state index in [0.717, 1.165) is 68.2 Å². The third kappa shape index (κ3) is 8.49. The van der Waals surface area contributed by atoms with Gasteiger partial charge in [-0.2, -0.15) is 5.10 Å². The molecular formula is C28H32Cl3N3O3. The van der Waals surface area contributed by atoms with Crippen LogP contribution in [0.5, 0.6) is 0 Å². The third-order valence-electron chi connectivity index (χ3n) is 6.20. The molecule has 1 amide bonds. The molecular weight excluding hydrogens is 533 g/mol. The van der Waals surface area contributed by atoms with E-state index in [2.05, 4.69) is 10.4 Å². The summed E-state index contributed by atoms with van der Waals surface area (Å²) < 4.78 is 1.68. The Labute approximate surface area is 232 Å². The number of carboxylic acids is 1. The molecule has 2 aromatic carbocycles. The molecule has 0 radical (unpaired) electrons. The lowest BCUT2D eigenvalue weighted by Crippen LogP contribution is -2.25. The summed E-state index contributed by atoms with van der Waals surface area (Å²) in [5.41, 5.74) is 3.34. The van der Waals surface area contributed by atoms with Gasteiger partial charge in [0.15, 0.2) is 5.69 Å². The van der Waals surface area contributed by atoms with Crippen LogP contribution in [-0.2, 0) is 4.79 Å². The van der Waals surface area contributed by atoms with Crippen molar-refractivity contribution in [1.82, 2.24) is 15.1 Å². The van der Waals surface area contributed by atoms with Gasteiger partial charge in [-0.25, -0.2) is 4.68 Å². The van der Waals surface area contributed by atoms with Crippen LogP contribution in [0.2, 0.25) is 15.1 Å². The number of carbonyl (C=O) groups excluding carboxylic acids is 1. The van der Waals surface area contributed by atoms with E-state index < -0.39 is 5.97 Å². The second-order valence-electron chi connectivity index (χ2n) is 9.06. The minimum atomic E-state index is -0.723. The maximum atomic E-state index is 13.1. The molecule has 0 unspecified atom stereocenters. The molecule has 0 spiro atoms. The molecule has 6 nitrogen and oxygen atoms in total. The van der Waals surface area contributed by atoms with Gasteiger partial charge >= 0.3 is 5.97 Å². The van der Waals surface area contributed by atoms with Gasteiger partial charge in [-0.1, -0.05) is 85.5 Å². The first kappa shape index (κ1) is 29.0. The number of halogens is 3. The first-order valence-corrected chi connectivity index (χ1v) is 13.7. The highest BCUT2D eigenvalue weighted by atomic mass is 35.5. The van der Waals surface area contributed by atoms with Crippen LogP contribution in [0.1, 0.15) is 73.8 Å². The van der Waals surface area contributed by atoms with Crippen molar-refractivity contribution in [2.24, 2.45) is 0 Å². The molecule has 2 N–H and O–H groups in total. The number of nitrogens with zero attached hydrogens (tertiary/aromatic N) is 2. The second kappa shape index (κ2) is 14.4. The molecule has 3 rings (SSSR count). The number of rotatable bonds is 14. The van der Waals surface area contributed by atoms with Gasteiger partial charge in [0.1, 0.15) is 0 Å². The molecule has 0 atom stereocenters. The normalized spacial score (nSPS) is 11.0. The van der Waals surface area contributed by atoms with Crippen LogP contribution in [0, 0.1) is 6.92 Å². The van der Waals surface area contributed by atoms with Gasteiger partial charge in [-0.3, -0.25) is 9.59 Å². The van der Waals surface area contributed by atoms with Gasteiger partial charge in [0.05, 0.1) is 16.4 Å². The fourth-order valence-electron chi connectivity index (χ4n) is 4.23. The summed E-state index contributed by atoms with van der Waals surface area (Å²) in [4.78, 5) is 23.6. The molecule has 0 aliphatic carbocycles. The number of hydrogen-bond donors (Lipinski definition) is 2. The molecule has 3 aromatic rings. The van der Waals surface area contributed by atoms with Crippen molar-refractivity contribution in [2.45, 2.75) is 64.7 Å². The van der Waals surface area contributed by atoms with Crippen LogP contribution in [0.3, 0.4) is 0 Å². The SMILES string of the molecule is Cc1c(C(=O)NCCCCCCCCCCC(=O)O)nn(-c2ccc(Cl)cc2Cl)c1-c1ccc(Cl)cc1. The molecule has 0 bridgehead atoms. The number of aromatic nitrogens is 2. The van der Waals surface area contributed by atoms with Crippen molar-refractivity contribution in [3.8, 4) is 16.9 Å². The minimum Gasteiger partial charge on any atom is -0.481 e. The number of amides is 1. The lowest BCUT2D eigenvalue weighted by Gasteiger charge is -2.11. The Morgan fingerprint density at radius 3 is 2.08 bits per heavy atom. The Morgan fingerprint density at radius 2 is 1.46 bits per heavy atom. The van der Waals surface area contributed by atoms with Crippen molar-refractivity contribution in [1.29, 1.82) is 0 Å². The summed E-state index contributed by atoms with van der Waals surface area (Å²) in [6.45, 7) is 2.45. The predicted octanol–water partition coefficient (Wildman–Crippen LogP) is 8.13. The standard InChI is InChI=1S/C28H32Cl3N3O3/c1-19-26(28(37)32-17-9-7-5-3-2-4-6-8-10-25(35)36)33-34(24-16-15-22(30)18-23(24)31)27(19)20-11-13-21(29)14-12-20/h11-16,18H,2-10,17H2,1H3,(H,32,37)(H,35,36). The Morgan fingerprint density at radius 1 is 0.865 bits per heavy atom. The van der Waals surface area contributed by atoms with Crippen LogP contribution < -0.4 is 5.32 Å². The maximum Gasteiger partial charge on any atom is 0.303 e. The Kier molecular flexibility index (Phi) is 11.3. The average Bonchev–Trinajstić information content (AvgIpc) is 3.19. The van der Waals surface area contributed by atoms with E-state index >= 15 is 0 Å². The molecule has 0 saturated heterocycles. The van der Waals surface area contributed by atoms with E-state index in [4.69, 9.17) is 39.9 Å². The highest BCUT2D eigenvalue weighted by Gasteiger charge is 2.23. The summed E-state index contributed by atoms with van der Waals surface area (Å²) in [6.07, 6.45) is 8.29. The highest BCUT2D eigenvalue weighted by molar-refractivity contribution is 6.35. The Balaban J connectivity index is 1.60. The number of unbranched alkanes of at least 4 members (excludes halogenated alkanes) is 7. The quantitative estimate of drug-likeness (QED) is 0.194. The fourth-order valence-corrected chi connectivity index (χ4v) is 4.85. The van der Waals surface area contributed by atoms with E-state index in [9.17, 15) is 9.59 Å². The predicted molar refractivity (Wildman–Crippen MR) is 150 cm³/mol. The first-order valence-electron chi connectivity index (χ1n) is 12.6. The van der Waals surface area contributed by atoms with Crippen LogP contribution >= 0.6 is 34.8 Å². The van der Waals surface area contributed by atoms with Gasteiger partial charge in [0.25, 0.3) is 5.91 Å². The minimum absolute atomic E-state index is 0.227. The topological polar surface area (TPSA) is 84.2 Å². The lowest BCUT2D eigenvalue weighted by molar-refractivity contribution is -0.137. The molecule has 0 fully saturated rings. The van der Waals surface area contributed by atoms with Gasteiger partial charge < -0.3 is 10.4 Å². The zero-order valence-corrected chi connectivity index (χ0v) is 23.2. The Hall–Kier alpha value is -2.54. The number of nitrogens with one attached hydrogen (secondary N) is 1. The number of aliphatic carboxylic acids is 1. The molecule has 1 aromatic heterocycles. The van der Waals surface area contributed by atoms with Gasteiger partial charge in [0, 0.05) is 34.1 Å².